The number of esters is 1. The van der Waals surface area contributed by atoms with Crippen molar-refractivity contribution in [1.29, 1.82) is 0 Å². The fourth-order valence-corrected chi connectivity index (χ4v) is 3.21. The quantitative estimate of drug-likeness (QED) is 0.702. The van der Waals surface area contributed by atoms with Gasteiger partial charge in [-0.2, -0.15) is 0 Å². The Morgan fingerprint density at radius 3 is 2.52 bits per heavy atom. The van der Waals surface area contributed by atoms with Gasteiger partial charge < -0.3 is 9.72 Å². The van der Waals surface area contributed by atoms with Gasteiger partial charge in [0.25, 0.3) is 0 Å². The molecule has 0 aliphatic carbocycles. The molecule has 0 radical (unpaired) electrons. The summed E-state index contributed by atoms with van der Waals surface area (Å²) in [5.41, 5.74) is 4.52. The lowest BCUT2D eigenvalue weighted by Crippen LogP contribution is -2.12. The summed E-state index contributed by atoms with van der Waals surface area (Å²) in [6, 6.07) is 18.4. The lowest BCUT2D eigenvalue weighted by molar-refractivity contribution is -0.143. The third-order valence-corrected chi connectivity index (χ3v) is 4.17. The summed E-state index contributed by atoms with van der Waals surface area (Å²) < 4.78 is 5.19. The zero-order valence-corrected chi connectivity index (χ0v) is 13.5. The molecule has 1 atom stereocenters. The van der Waals surface area contributed by atoms with Gasteiger partial charge in [0.2, 0.25) is 0 Å². The Morgan fingerprint density at radius 1 is 1.09 bits per heavy atom. The molecular formula is C20H21NO2. The van der Waals surface area contributed by atoms with Gasteiger partial charge in [-0.1, -0.05) is 48.5 Å². The molecule has 0 saturated heterocycles. The summed E-state index contributed by atoms with van der Waals surface area (Å²) in [7, 11) is 0. The molecule has 0 amide bonds. The van der Waals surface area contributed by atoms with Crippen molar-refractivity contribution in [3.05, 3.63) is 71.4 Å². The van der Waals surface area contributed by atoms with Gasteiger partial charge in [-0.25, -0.2) is 0 Å². The number of aromatic amines is 1. The third kappa shape index (κ3) is 3.14. The first kappa shape index (κ1) is 15.3. The first-order chi connectivity index (χ1) is 11.2. The summed E-state index contributed by atoms with van der Waals surface area (Å²) in [6.45, 7) is 4.32. The van der Waals surface area contributed by atoms with Crippen LogP contribution in [0.3, 0.4) is 0 Å². The van der Waals surface area contributed by atoms with Crippen molar-refractivity contribution in [1.82, 2.24) is 4.98 Å². The van der Waals surface area contributed by atoms with Gasteiger partial charge in [0, 0.05) is 22.5 Å². The lowest BCUT2D eigenvalue weighted by atomic mass is 9.87. The van der Waals surface area contributed by atoms with E-state index >= 15 is 0 Å². The van der Waals surface area contributed by atoms with Gasteiger partial charge >= 0.3 is 5.97 Å². The molecule has 1 aromatic heterocycles. The first-order valence-electron chi connectivity index (χ1n) is 7.98. The second-order valence-electron chi connectivity index (χ2n) is 5.68. The molecular weight excluding hydrogens is 286 g/mol. The number of benzene rings is 2. The fourth-order valence-electron chi connectivity index (χ4n) is 3.21. The van der Waals surface area contributed by atoms with Gasteiger partial charge in [0.05, 0.1) is 13.0 Å². The van der Waals surface area contributed by atoms with Gasteiger partial charge in [-0.15, -0.1) is 0 Å². The number of carbonyl (C=O) groups excluding carboxylic acids is 1. The van der Waals surface area contributed by atoms with E-state index in [1.165, 1.54) is 10.9 Å². The maximum atomic E-state index is 12.1. The Balaban J connectivity index is 2.10. The monoisotopic (exact) mass is 307 g/mol. The van der Waals surface area contributed by atoms with E-state index in [-0.39, 0.29) is 11.9 Å². The van der Waals surface area contributed by atoms with Crippen LogP contribution in [-0.4, -0.2) is 17.6 Å². The van der Waals surface area contributed by atoms with E-state index in [0.29, 0.717) is 13.0 Å². The SMILES string of the molecule is CCOC(=O)CC(c1ccccc1)c1c(C)[nH]c2ccccc12. The minimum absolute atomic E-state index is 0.00796. The molecule has 118 valence electrons. The summed E-state index contributed by atoms with van der Waals surface area (Å²) in [5, 5.41) is 1.17. The van der Waals surface area contributed by atoms with Crippen molar-refractivity contribution < 1.29 is 9.53 Å². The maximum absolute atomic E-state index is 12.1. The molecule has 23 heavy (non-hydrogen) atoms. The highest BCUT2D eigenvalue weighted by Gasteiger charge is 2.23. The van der Waals surface area contributed by atoms with Crippen LogP contribution in [0, 0.1) is 6.92 Å². The van der Waals surface area contributed by atoms with Crippen LogP contribution in [-0.2, 0) is 9.53 Å². The van der Waals surface area contributed by atoms with Crippen LogP contribution in [0.5, 0.6) is 0 Å². The number of carbonyl (C=O) groups is 1. The van der Waals surface area contributed by atoms with E-state index < -0.39 is 0 Å². The molecule has 0 bridgehead atoms. The highest BCUT2D eigenvalue weighted by molar-refractivity contribution is 5.86. The topological polar surface area (TPSA) is 42.1 Å². The average molecular weight is 307 g/mol. The second kappa shape index (κ2) is 6.69. The maximum Gasteiger partial charge on any atom is 0.306 e. The van der Waals surface area contributed by atoms with Crippen molar-refractivity contribution in [2.75, 3.05) is 6.61 Å². The van der Waals surface area contributed by atoms with E-state index in [0.717, 1.165) is 16.8 Å². The summed E-state index contributed by atoms with van der Waals surface area (Å²) in [6.07, 6.45) is 0.348. The largest absolute Gasteiger partial charge is 0.466 e. The van der Waals surface area contributed by atoms with Crippen molar-refractivity contribution >= 4 is 16.9 Å². The number of aromatic nitrogens is 1. The minimum Gasteiger partial charge on any atom is -0.466 e. The molecule has 0 aliphatic heterocycles. The van der Waals surface area contributed by atoms with Gasteiger partial charge in [0.1, 0.15) is 0 Å². The fraction of sp³-hybridized carbons (Fsp3) is 0.250. The number of rotatable bonds is 5. The van der Waals surface area contributed by atoms with Gasteiger partial charge in [-0.05, 0) is 31.0 Å². The molecule has 3 aromatic rings. The van der Waals surface area contributed by atoms with E-state index in [2.05, 4.69) is 36.2 Å². The van der Waals surface area contributed by atoms with Crippen LogP contribution < -0.4 is 0 Å². The predicted molar refractivity (Wildman–Crippen MR) is 92.6 cm³/mol. The molecule has 1 unspecified atom stereocenters. The van der Waals surface area contributed by atoms with Gasteiger partial charge in [-0.3, -0.25) is 4.79 Å². The van der Waals surface area contributed by atoms with E-state index in [1.54, 1.807) is 0 Å². The number of nitrogens with one attached hydrogen (secondary N) is 1. The molecule has 0 aliphatic rings. The van der Waals surface area contributed by atoms with Gasteiger partial charge in [0.15, 0.2) is 0 Å². The molecule has 0 spiro atoms. The van der Waals surface area contributed by atoms with Crippen LogP contribution in [0.2, 0.25) is 0 Å². The third-order valence-electron chi connectivity index (χ3n) is 4.17. The number of aryl methyl sites for hydroxylation is 1. The predicted octanol–water partition coefficient (Wildman–Crippen LogP) is 4.56. The van der Waals surface area contributed by atoms with E-state index in [9.17, 15) is 4.79 Å². The van der Waals surface area contributed by atoms with Crippen molar-refractivity contribution in [2.24, 2.45) is 0 Å². The number of hydrogen-bond acceptors (Lipinski definition) is 2. The summed E-state index contributed by atoms with van der Waals surface area (Å²) in [4.78, 5) is 15.6. The molecule has 0 saturated carbocycles. The Hall–Kier alpha value is -2.55. The smallest absolute Gasteiger partial charge is 0.306 e. The van der Waals surface area contributed by atoms with E-state index in [1.807, 2.05) is 37.3 Å². The standard InChI is InChI=1S/C20H21NO2/c1-3-23-19(22)13-17(15-9-5-4-6-10-15)20-14(2)21-18-12-8-7-11-16(18)20/h4-12,17,21H,3,13H2,1-2H3. The number of H-pyrrole nitrogens is 1. The molecule has 1 N–H and O–H groups in total. The molecule has 3 nitrogen and oxygen atoms in total. The van der Waals surface area contributed by atoms with Crippen LogP contribution in [0.25, 0.3) is 10.9 Å². The van der Waals surface area contributed by atoms with Crippen molar-refractivity contribution in [2.45, 2.75) is 26.2 Å². The zero-order valence-electron chi connectivity index (χ0n) is 13.5. The number of fused-ring (bicyclic) bond motifs is 1. The summed E-state index contributed by atoms with van der Waals surface area (Å²) >= 11 is 0. The minimum atomic E-state index is -0.161. The zero-order chi connectivity index (χ0) is 16.2. The normalized spacial score (nSPS) is 12.3. The second-order valence-corrected chi connectivity index (χ2v) is 5.68. The van der Waals surface area contributed by atoms with Crippen molar-refractivity contribution in [3.8, 4) is 0 Å². The molecule has 2 aromatic carbocycles. The molecule has 0 fully saturated rings. The Kier molecular flexibility index (Phi) is 4.47. The highest BCUT2D eigenvalue weighted by atomic mass is 16.5. The number of ether oxygens (including phenoxy) is 1. The molecule has 3 heteroatoms. The number of hydrogen-bond donors (Lipinski definition) is 1. The van der Waals surface area contributed by atoms with Crippen LogP contribution in [0.15, 0.2) is 54.6 Å². The summed E-state index contributed by atoms with van der Waals surface area (Å²) in [5.74, 6) is -0.169. The average Bonchev–Trinajstić information content (AvgIpc) is 2.89. The van der Waals surface area contributed by atoms with Crippen LogP contribution in [0.1, 0.15) is 36.1 Å². The highest BCUT2D eigenvalue weighted by Crippen LogP contribution is 2.36. The van der Waals surface area contributed by atoms with E-state index in [4.69, 9.17) is 4.74 Å². The molecule has 1 heterocycles. The Bertz CT molecular complexity index is 805. The number of para-hydroxylation sites is 1. The molecule has 3 rings (SSSR count). The van der Waals surface area contributed by atoms with Crippen molar-refractivity contribution in [3.63, 3.8) is 0 Å². The first-order valence-corrected chi connectivity index (χ1v) is 7.98. The van der Waals surface area contributed by atoms with Crippen LogP contribution in [0.4, 0.5) is 0 Å². The Morgan fingerprint density at radius 2 is 1.78 bits per heavy atom. The lowest BCUT2D eigenvalue weighted by Gasteiger charge is -2.18. The van der Waals surface area contributed by atoms with Crippen LogP contribution >= 0.6 is 0 Å². The Labute approximate surface area is 136 Å².